The van der Waals surface area contributed by atoms with Gasteiger partial charge < -0.3 is 15.3 Å². The van der Waals surface area contributed by atoms with Crippen LogP contribution in [-0.2, 0) is 11.3 Å². The van der Waals surface area contributed by atoms with E-state index in [4.69, 9.17) is 0 Å². The molecule has 0 radical (unpaired) electrons. The number of carbonyl (C=O) groups excluding carboxylic acids is 1. The van der Waals surface area contributed by atoms with Crippen LogP contribution in [0.15, 0.2) is 54.6 Å². The minimum atomic E-state index is -0.515. The predicted molar refractivity (Wildman–Crippen MR) is 97.0 cm³/mol. The second-order valence-corrected chi connectivity index (χ2v) is 6.45. The van der Waals surface area contributed by atoms with Gasteiger partial charge >= 0.3 is 0 Å². The maximum absolute atomic E-state index is 12.5. The van der Waals surface area contributed by atoms with Crippen LogP contribution in [0.3, 0.4) is 0 Å². The molecule has 3 rings (SSSR count). The number of aliphatic hydroxyl groups is 1. The van der Waals surface area contributed by atoms with Gasteiger partial charge in [-0.25, -0.2) is 0 Å². The second kappa shape index (κ2) is 7.49. The summed E-state index contributed by atoms with van der Waals surface area (Å²) in [6, 6.07) is 18.0. The lowest BCUT2D eigenvalue weighted by molar-refractivity contribution is -0.122. The molecule has 1 aliphatic carbocycles. The Bertz CT molecular complexity index is 687. The molecule has 1 amide bonds. The molecule has 0 aliphatic heterocycles. The number of nitrogens with zero attached hydrogens (tertiary/aromatic N) is 1. The summed E-state index contributed by atoms with van der Waals surface area (Å²) in [6.07, 6.45) is 1.87. The predicted octanol–water partition coefficient (Wildman–Crippen LogP) is 3.42. The summed E-state index contributed by atoms with van der Waals surface area (Å²) >= 11 is 0. The number of hydrogen-bond donors (Lipinski definition) is 2. The lowest BCUT2D eigenvalue weighted by Gasteiger charge is -2.24. The van der Waals surface area contributed by atoms with Gasteiger partial charge in [0.25, 0.3) is 0 Å². The molecule has 0 spiro atoms. The molecule has 2 N–H and O–H groups in total. The van der Waals surface area contributed by atoms with Crippen molar-refractivity contribution in [1.29, 1.82) is 0 Å². The van der Waals surface area contributed by atoms with Crippen molar-refractivity contribution in [3.8, 4) is 0 Å². The Kier molecular flexibility index (Phi) is 5.16. The highest BCUT2D eigenvalue weighted by Crippen LogP contribution is 2.30. The lowest BCUT2D eigenvalue weighted by Crippen LogP contribution is -2.29. The van der Waals surface area contributed by atoms with Gasteiger partial charge in [-0.05, 0) is 37.0 Å². The minimum Gasteiger partial charge on any atom is -0.392 e. The van der Waals surface area contributed by atoms with Gasteiger partial charge in [0.2, 0.25) is 5.91 Å². The molecule has 0 bridgehead atoms. The van der Waals surface area contributed by atoms with Crippen molar-refractivity contribution >= 4 is 17.3 Å². The van der Waals surface area contributed by atoms with Crippen LogP contribution >= 0.6 is 0 Å². The molecular weight excluding hydrogens is 300 g/mol. The van der Waals surface area contributed by atoms with E-state index in [0.717, 1.165) is 30.8 Å². The molecule has 1 aliphatic rings. The van der Waals surface area contributed by atoms with Crippen LogP contribution in [0.2, 0.25) is 0 Å². The Hall–Kier alpha value is -2.33. The zero-order valence-corrected chi connectivity index (χ0v) is 14.0. The Morgan fingerprint density at radius 3 is 2.54 bits per heavy atom. The smallest absolute Gasteiger partial charge is 0.230 e. The Labute approximate surface area is 143 Å². The van der Waals surface area contributed by atoms with Crippen molar-refractivity contribution in [2.45, 2.75) is 31.9 Å². The van der Waals surface area contributed by atoms with E-state index in [1.54, 1.807) is 0 Å². The lowest BCUT2D eigenvalue weighted by atomic mass is 10.0. The first-order chi connectivity index (χ1) is 11.6. The average molecular weight is 324 g/mol. The molecule has 126 valence electrons. The third kappa shape index (κ3) is 3.77. The standard InChI is InChI=1S/C20H24N2O2/c1-22(14-15-8-3-2-4-9-15)18-12-6-5-11-17(18)21-20(24)16-10-7-13-19(16)23/h2-6,8-9,11-12,16,19,23H,7,10,13-14H2,1H3,(H,21,24). The fraction of sp³-hybridized carbons (Fsp3) is 0.350. The topological polar surface area (TPSA) is 52.6 Å². The first-order valence-corrected chi connectivity index (χ1v) is 8.48. The third-order valence-corrected chi connectivity index (χ3v) is 4.65. The quantitative estimate of drug-likeness (QED) is 0.886. The number of hydrogen-bond acceptors (Lipinski definition) is 3. The van der Waals surface area contributed by atoms with Crippen molar-refractivity contribution in [2.75, 3.05) is 17.3 Å². The first kappa shape index (κ1) is 16.5. The molecule has 2 aromatic rings. The van der Waals surface area contributed by atoms with E-state index < -0.39 is 6.10 Å². The van der Waals surface area contributed by atoms with Gasteiger partial charge in [-0.2, -0.15) is 0 Å². The molecule has 0 aromatic heterocycles. The van der Waals surface area contributed by atoms with E-state index >= 15 is 0 Å². The first-order valence-electron chi connectivity index (χ1n) is 8.48. The number of benzene rings is 2. The maximum atomic E-state index is 12.5. The monoisotopic (exact) mass is 324 g/mol. The van der Waals surface area contributed by atoms with Gasteiger partial charge in [0.05, 0.1) is 23.4 Å². The van der Waals surface area contributed by atoms with E-state index in [2.05, 4.69) is 22.3 Å². The Morgan fingerprint density at radius 2 is 1.83 bits per heavy atom. The van der Waals surface area contributed by atoms with Crippen molar-refractivity contribution in [1.82, 2.24) is 0 Å². The maximum Gasteiger partial charge on any atom is 0.230 e. The average Bonchev–Trinajstić information content (AvgIpc) is 3.02. The Balaban J connectivity index is 1.74. The van der Waals surface area contributed by atoms with Crippen LogP contribution in [0.4, 0.5) is 11.4 Å². The van der Waals surface area contributed by atoms with Gasteiger partial charge in [0.15, 0.2) is 0 Å². The molecule has 2 atom stereocenters. The van der Waals surface area contributed by atoms with Crippen molar-refractivity contribution in [3.05, 3.63) is 60.2 Å². The summed E-state index contributed by atoms with van der Waals surface area (Å²) in [4.78, 5) is 14.6. The SMILES string of the molecule is CN(Cc1ccccc1)c1ccccc1NC(=O)C1CCCC1O. The van der Waals surface area contributed by atoms with E-state index in [1.807, 2.05) is 49.5 Å². The number of anilines is 2. The highest BCUT2D eigenvalue weighted by Gasteiger charge is 2.31. The molecule has 2 unspecified atom stereocenters. The number of aliphatic hydroxyl groups excluding tert-OH is 1. The summed E-state index contributed by atoms with van der Waals surface area (Å²) in [5.41, 5.74) is 2.98. The molecular formula is C20H24N2O2. The molecule has 4 nitrogen and oxygen atoms in total. The fourth-order valence-corrected chi connectivity index (χ4v) is 3.33. The van der Waals surface area contributed by atoms with E-state index in [9.17, 15) is 9.90 Å². The molecule has 1 saturated carbocycles. The van der Waals surface area contributed by atoms with Crippen molar-refractivity contribution in [3.63, 3.8) is 0 Å². The molecule has 1 fully saturated rings. The number of nitrogens with one attached hydrogen (secondary N) is 1. The van der Waals surface area contributed by atoms with E-state index in [0.29, 0.717) is 6.42 Å². The number of carbonyl (C=O) groups is 1. The second-order valence-electron chi connectivity index (χ2n) is 6.45. The number of para-hydroxylation sites is 2. The van der Waals surface area contributed by atoms with Gasteiger partial charge in [-0.1, -0.05) is 42.5 Å². The minimum absolute atomic E-state index is 0.0828. The van der Waals surface area contributed by atoms with Crippen LogP contribution in [0.1, 0.15) is 24.8 Å². The Morgan fingerprint density at radius 1 is 1.12 bits per heavy atom. The molecule has 2 aromatic carbocycles. The van der Waals surface area contributed by atoms with Gasteiger partial charge in [-0.15, -0.1) is 0 Å². The normalized spacial score (nSPS) is 19.9. The zero-order chi connectivity index (χ0) is 16.9. The molecule has 24 heavy (non-hydrogen) atoms. The third-order valence-electron chi connectivity index (χ3n) is 4.65. The van der Waals surface area contributed by atoms with Crippen LogP contribution in [-0.4, -0.2) is 24.2 Å². The number of amides is 1. The van der Waals surface area contributed by atoms with E-state index in [1.165, 1.54) is 5.56 Å². The van der Waals surface area contributed by atoms with Crippen LogP contribution in [0.5, 0.6) is 0 Å². The molecule has 0 heterocycles. The summed E-state index contributed by atoms with van der Waals surface area (Å²) in [5, 5.41) is 12.9. The zero-order valence-electron chi connectivity index (χ0n) is 14.0. The number of rotatable bonds is 5. The van der Waals surface area contributed by atoms with Crippen LogP contribution in [0.25, 0.3) is 0 Å². The summed E-state index contributed by atoms with van der Waals surface area (Å²) < 4.78 is 0. The van der Waals surface area contributed by atoms with Crippen molar-refractivity contribution < 1.29 is 9.90 Å². The summed E-state index contributed by atoms with van der Waals surface area (Å²) in [5.74, 6) is -0.377. The van der Waals surface area contributed by atoms with Gasteiger partial charge in [-0.3, -0.25) is 4.79 Å². The molecule has 4 heteroatoms. The van der Waals surface area contributed by atoms with Crippen LogP contribution < -0.4 is 10.2 Å². The molecule has 0 saturated heterocycles. The van der Waals surface area contributed by atoms with E-state index in [-0.39, 0.29) is 11.8 Å². The van der Waals surface area contributed by atoms with Crippen LogP contribution in [0, 0.1) is 5.92 Å². The summed E-state index contributed by atoms with van der Waals surface area (Å²) in [7, 11) is 2.02. The fourth-order valence-electron chi connectivity index (χ4n) is 3.33. The largest absolute Gasteiger partial charge is 0.392 e. The highest BCUT2D eigenvalue weighted by molar-refractivity contribution is 5.96. The van der Waals surface area contributed by atoms with Gasteiger partial charge in [0, 0.05) is 13.6 Å². The van der Waals surface area contributed by atoms with Crippen molar-refractivity contribution in [2.24, 2.45) is 5.92 Å². The summed E-state index contributed by atoms with van der Waals surface area (Å²) in [6.45, 7) is 0.764. The van der Waals surface area contributed by atoms with Gasteiger partial charge in [0.1, 0.15) is 0 Å². The highest BCUT2D eigenvalue weighted by atomic mass is 16.3.